The number of carbonyl (C=O) groups excluding carboxylic acids is 1. The summed E-state index contributed by atoms with van der Waals surface area (Å²) in [5.74, 6) is -1.09. The number of rotatable bonds is 4. The zero-order valence-corrected chi connectivity index (χ0v) is 9.11. The maximum Gasteiger partial charge on any atom is 0.337 e. The molecule has 0 heterocycles. The molecule has 16 heavy (non-hydrogen) atoms. The van der Waals surface area contributed by atoms with E-state index in [1.165, 1.54) is 13.0 Å². The Labute approximate surface area is 93.0 Å². The minimum atomic E-state index is -1.11. The van der Waals surface area contributed by atoms with Crippen molar-refractivity contribution in [2.24, 2.45) is 0 Å². The number of para-hydroxylation sites is 1. The monoisotopic (exact) mass is 223 g/mol. The van der Waals surface area contributed by atoms with Gasteiger partial charge >= 0.3 is 5.97 Å². The molecule has 2 N–H and O–H groups in total. The molecule has 0 aliphatic carbocycles. The largest absolute Gasteiger partial charge is 0.492 e. The van der Waals surface area contributed by atoms with Crippen molar-refractivity contribution < 1.29 is 19.4 Å². The van der Waals surface area contributed by atoms with Crippen LogP contribution in [0.1, 0.15) is 24.2 Å². The zero-order valence-electron chi connectivity index (χ0n) is 9.11. The molecule has 0 saturated carbocycles. The topological polar surface area (TPSA) is 75.6 Å². The van der Waals surface area contributed by atoms with Gasteiger partial charge in [-0.2, -0.15) is 0 Å². The number of amides is 1. The van der Waals surface area contributed by atoms with Crippen molar-refractivity contribution in [2.75, 3.05) is 11.9 Å². The summed E-state index contributed by atoms with van der Waals surface area (Å²) in [6, 6.07) is 4.59. The van der Waals surface area contributed by atoms with Gasteiger partial charge in [0.05, 0.1) is 17.9 Å². The lowest BCUT2D eigenvalue weighted by molar-refractivity contribution is -0.114. The van der Waals surface area contributed by atoms with Gasteiger partial charge in [-0.3, -0.25) is 4.79 Å². The molecular weight excluding hydrogens is 210 g/mol. The summed E-state index contributed by atoms with van der Waals surface area (Å²) in [6.45, 7) is 3.50. The van der Waals surface area contributed by atoms with Gasteiger partial charge in [-0.15, -0.1) is 0 Å². The predicted octanol–water partition coefficient (Wildman–Crippen LogP) is 1.74. The van der Waals surface area contributed by atoms with E-state index in [9.17, 15) is 9.59 Å². The summed E-state index contributed by atoms with van der Waals surface area (Å²) in [5, 5.41) is 11.4. The maximum atomic E-state index is 11.0. The molecule has 1 aromatic carbocycles. The van der Waals surface area contributed by atoms with E-state index < -0.39 is 5.97 Å². The van der Waals surface area contributed by atoms with Gasteiger partial charge in [0, 0.05) is 6.92 Å². The number of hydrogen-bond donors (Lipinski definition) is 2. The maximum absolute atomic E-state index is 11.0. The van der Waals surface area contributed by atoms with E-state index in [0.717, 1.165) is 0 Å². The molecule has 1 aromatic rings. The van der Waals surface area contributed by atoms with Crippen molar-refractivity contribution in [1.82, 2.24) is 0 Å². The molecule has 0 fully saturated rings. The molecule has 1 amide bonds. The van der Waals surface area contributed by atoms with Crippen LogP contribution in [0.3, 0.4) is 0 Å². The Kier molecular flexibility index (Phi) is 3.88. The van der Waals surface area contributed by atoms with Crippen molar-refractivity contribution in [3.05, 3.63) is 23.8 Å². The van der Waals surface area contributed by atoms with E-state index in [1.54, 1.807) is 19.1 Å². The number of carbonyl (C=O) groups is 2. The van der Waals surface area contributed by atoms with E-state index in [-0.39, 0.29) is 17.2 Å². The van der Waals surface area contributed by atoms with Gasteiger partial charge in [0.25, 0.3) is 0 Å². The molecule has 5 heteroatoms. The number of carboxylic acids is 1. The fourth-order valence-electron chi connectivity index (χ4n) is 1.29. The van der Waals surface area contributed by atoms with E-state index in [4.69, 9.17) is 9.84 Å². The lowest BCUT2D eigenvalue weighted by Gasteiger charge is -2.12. The molecule has 0 bridgehead atoms. The van der Waals surface area contributed by atoms with Gasteiger partial charge < -0.3 is 15.2 Å². The van der Waals surface area contributed by atoms with Crippen molar-refractivity contribution in [1.29, 1.82) is 0 Å². The van der Waals surface area contributed by atoms with Crippen molar-refractivity contribution in [3.63, 3.8) is 0 Å². The summed E-state index contributed by atoms with van der Waals surface area (Å²) >= 11 is 0. The molecule has 0 aliphatic rings. The van der Waals surface area contributed by atoms with E-state index in [2.05, 4.69) is 5.32 Å². The minimum absolute atomic E-state index is 0.0150. The molecule has 0 saturated heterocycles. The third kappa shape index (κ3) is 2.73. The molecule has 0 spiro atoms. The molecule has 86 valence electrons. The first-order valence-electron chi connectivity index (χ1n) is 4.83. The smallest absolute Gasteiger partial charge is 0.337 e. The standard InChI is InChI=1S/C11H13NO4/c1-3-16-9-6-4-5-8(11(14)15)10(9)12-7(2)13/h4-6H,3H2,1-2H3,(H,12,13)(H,14,15). The average Bonchev–Trinajstić information content (AvgIpc) is 2.19. The van der Waals surface area contributed by atoms with Crippen LogP contribution in [0, 0.1) is 0 Å². The number of nitrogens with one attached hydrogen (secondary N) is 1. The van der Waals surface area contributed by atoms with Crippen LogP contribution in [0.25, 0.3) is 0 Å². The molecule has 0 aromatic heterocycles. The van der Waals surface area contributed by atoms with Gasteiger partial charge in [-0.05, 0) is 19.1 Å². The molecule has 0 unspecified atom stereocenters. The zero-order chi connectivity index (χ0) is 12.1. The van der Waals surface area contributed by atoms with Gasteiger partial charge in [-0.1, -0.05) is 6.07 Å². The molecular formula is C11H13NO4. The Morgan fingerprint density at radius 2 is 2.12 bits per heavy atom. The van der Waals surface area contributed by atoms with Crippen LogP contribution in [0.15, 0.2) is 18.2 Å². The van der Waals surface area contributed by atoms with Crippen LogP contribution in [0.2, 0.25) is 0 Å². The fraction of sp³-hybridized carbons (Fsp3) is 0.273. The van der Waals surface area contributed by atoms with Crippen LogP contribution < -0.4 is 10.1 Å². The van der Waals surface area contributed by atoms with Crippen LogP contribution in [-0.2, 0) is 4.79 Å². The Balaban J connectivity index is 3.22. The van der Waals surface area contributed by atoms with Gasteiger partial charge in [0.2, 0.25) is 5.91 Å². The summed E-state index contributed by atoms with van der Waals surface area (Å²) in [7, 11) is 0. The van der Waals surface area contributed by atoms with Crippen molar-refractivity contribution >= 4 is 17.6 Å². The molecule has 0 aliphatic heterocycles. The van der Waals surface area contributed by atoms with E-state index in [1.807, 2.05) is 0 Å². The lowest BCUT2D eigenvalue weighted by Crippen LogP contribution is -2.12. The highest BCUT2D eigenvalue weighted by Gasteiger charge is 2.15. The number of anilines is 1. The second-order valence-corrected chi connectivity index (χ2v) is 3.10. The van der Waals surface area contributed by atoms with Crippen LogP contribution in [-0.4, -0.2) is 23.6 Å². The Hall–Kier alpha value is -2.04. The Morgan fingerprint density at radius 3 is 2.62 bits per heavy atom. The Morgan fingerprint density at radius 1 is 1.44 bits per heavy atom. The van der Waals surface area contributed by atoms with Crippen LogP contribution in [0.5, 0.6) is 5.75 Å². The number of hydrogen-bond acceptors (Lipinski definition) is 3. The summed E-state index contributed by atoms with van der Waals surface area (Å²) < 4.78 is 5.25. The predicted molar refractivity (Wildman–Crippen MR) is 58.9 cm³/mol. The summed E-state index contributed by atoms with van der Waals surface area (Å²) in [5.41, 5.74) is 0.213. The normalized spacial score (nSPS) is 9.62. The number of benzene rings is 1. The van der Waals surface area contributed by atoms with E-state index in [0.29, 0.717) is 12.4 Å². The quantitative estimate of drug-likeness (QED) is 0.815. The van der Waals surface area contributed by atoms with Crippen LogP contribution >= 0.6 is 0 Å². The highest BCUT2D eigenvalue weighted by Crippen LogP contribution is 2.28. The third-order valence-electron chi connectivity index (χ3n) is 1.86. The van der Waals surface area contributed by atoms with Crippen molar-refractivity contribution in [2.45, 2.75) is 13.8 Å². The fourth-order valence-corrected chi connectivity index (χ4v) is 1.29. The van der Waals surface area contributed by atoms with Gasteiger partial charge in [0.15, 0.2) is 0 Å². The minimum Gasteiger partial charge on any atom is -0.492 e. The number of carboxylic acid groups (broad SMARTS) is 1. The lowest BCUT2D eigenvalue weighted by atomic mass is 10.1. The molecule has 0 radical (unpaired) electrons. The molecule has 0 atom stereocenters. The third-order valence-corrected chi connectivity index (χ3v) is 1.86. The van der Waals surface area contributed by atoms with E-state index >= 15 is 0 Å². The van der Waals surface area contributed by atoms with Gasteiger partial charge in [0.1, 0.15) is 5.75 Å². The average molecular weight is 223 g/mol. The highest BCUT2D eigenvalue weighted by molar-refractivity contribution is 6.01. The van der Waals surface area contributed by atoms with Crippen LogP contribution in [0.4, 0.5) is 5.69 Å². The second kappa shape index (κ2) is 5.16. The number of aromatic carboxylic acids is 1. The first-order chi connectivity index (χ1) is 7.56. The highest BCUT2D eigenvalue weighted by atomic mass is 16.5. The Bertz CT molecular complexity index is 414. The number of ether oxygens (including phenoxy) is 1. The molecule has 5 nitrogen and oxygen atoms in total. The first kappa shape index (κ1) is 12.0. The second-order valence-electron chi connectivity index (χ2n) is 3.10. The van der Waals surface area contributed by atoms with Crippen molar-refractivity contribution in [3.8, 4) is 5.75 Å². The first-order valence-corrected chi connectivity index (χ1v) is 4.83. The summed E-state index contributed by atoms with van der Waals surface area (Å²) in [6.07, 6.45) is 0. The molecule has 1 rings (SSSR count). The summed E-state index contributed by atoms with van der Waals surface area (Å²) in [4.78, 5) is 21.9. The SMILES string of the molecule is CCOc1cccc(C(=O)O)c1NC(C)=O. The van der Waals surface area contributed by atoms with Gasteiger partial charge in [-0.25, -0.2) is 4.79 Å².